The van der Waals surface area contributed by atoms with Crippen LogP contribution >= 0.6 is 23.4 Å². The quantitative estimate of drug-likeness (QED) is 0.286. The zero-order valence-electron chi connectivity index (χ0n) is 17.1. The van der Waals surface area contributed by atoms with E-state index in [1.54, 1.807) is 12.1 Å². The van der Waals surface area contributed by atoms with Gasteiger partial charge in [0.2, 0.25) is 0 Å². The molecule has 7 heteroatoms. The SMILES string of the molecule is O=C(O)c1ccc(CSc2nc(Cl)cc(N3CCC(Cc4ccccc4)CC3)n2)cc1. The Hall–Kier alpha value is -2.57. The number of aromatic nitrogens is 2. The maximum atomic E-state index is 11.0. The minimum atomic E-state index is -0.922. The number of carboxylic acid groups (broad SMARTS) is 1. The molecule has 0 bridgehead atoms. The number of carboxylic acids is 1. The summed E-state index contributed by atoms with van der Waals surface area (Å²) in [5, 5.41) is 10.1. The first kappa shape index (κ1) is 21.7. The Morgan fingerprint density at radius 2 is 1.74 bits per heavy atom. The lowest BCUT2D eigenvalue weighted by molar-refractivity contribution is 0.0697. The summed E-state index contributed by atoms with van der Waals surface area (Å²) in [4.78, 5) is 22.4. The van der Waals surface area contributed by atoms with Crippen LogP contribution in [0.2, 0.25) is 5.15 Å². The predicted octanol–water partition coefficient (Wildman–Crippen LogP) is 5.58. The molecule has 1 saturated heterocycles. The standard InChI is InChI=1S/C24H24ClN3O2S/c25-21-15-22(28-12-10-18(11-13-28)14-17-4-2-1-3-5-17)27-24(26-21)31-16-19-6-8-20(9-7-19)23(29)30/h1-9,15,18H,10-14,16H2,(H,29,30). The summed E-state index contributed by atoms with van der Waals surface area (Å²) in [7, 11) is 0. The van der Waals surface area contributed by atoms with Crippen molar-refractivity contribution in [3.8, 4) is 0 Å². The third-order valence-corrected chi connectivity index (χ3v) is 6.65. The van der Waals surface area contributed by atoms with E-state index in [1.165, 1.54) is 17.3 Å². The number of anilines is 1. The second-order valence-corrected chi connectivity index (χ2v) is 9.07. The molecule has 1 aromatic heterocycles. The lowest BCUT2D eigenvalue weighted by Gasteiger charge is -2.33. The van der Waals surface area contributed by atoms with E-state index in [4.69, 9.17) is 21.7 Å². The van der Waals surface area contributed by atoms with Gasteiger partial charge in [-0.05, 0) is 48.4 Å². The molecule has 4 rings (SSSR count). The molecule has 2 heterocycles. The summed E-state index contributed by atoms with van der Waals surface area (Å²) < 4.78 is 0. The Labute approximate surface area is 191 Å². The van der Waals surface area contributed by atoms with Gasteiger partial charge in [-0.2, -0.15) is 0 Å². The largest absolute Gasteiger partial charge is 0.478 e. The van der Waals surface area contributed by atoms with Crippen molar-refractivity contribution in [1.82, 2.24) is 9.97 Å². The molecule has 0 unspecified atom stereocenters. The molecule has 31 heavy (non-hydrogen) atoms. The van der Waals surface area contributed by atoms with Gasteiger partial charge in [0.25, 0.3) is 0 Å². The van der Waals surface area contributed by atoms with Gasteiger partial charge in [0, 0.05) is 24.9 Å². The fourth-order valence-electron chi connectivity index (χ4n) is 3.82. The Morgan fingerprint density at radius 1 is 1.03 bits per heavy atom. The molecule has 5 nitrogen and oxygen atoms in total. The summed E-state index contributed by atoms with van der Waals surface area (Å²) in [6.07, 6.45) is 3.39. The lowest BCUT2D eigenvalue weighted by Crippen LogP contribution is -2.35. The Kier molecular flexibility index (Phi) is 7.10. The second-order valence-electron chi connectivity index (χ2n) is 7.74. The number of aromatic carboxylic acids is 1. The normalized spacial score (nSPS) is 14.5. The highest BCUT2D eigenvalue weighted by Crippen LogP contribution is 2.28. The number of halogens is 1. The first-order chi connectivity index (χ1) is 15.1. The van der Waals surface area contributed by atoms with Gasteiger partial charge in [0.1, 0.15) is 11.0 Å². The smallest absolute Gasteiger partial charge is 0.335 e. The number of hydrogen-bond acceptors (Lipinski definition) is 5. The molecular formula is C24H24ClN3O2S. The van der Waals surface area contributed by atoms with E-state index >= 15 is 0 Å². The van der Waals surface area contributed by atoms with Crippen molar-refractivity contribution < 1.29 is 9.90 Å². The minimum Gasteiger partial charge on any atom is -0.478 e. The van der Waals surface area contributed by atoms with Crippen LogP contribution in [0.5, 0.6) is 0 Å². The van der Waals surface area contributed by atoms with Crippen LogP contribution in [0.4, 0.5) is 5.82 Å². The van der Waals surface area contributed by atoms with E-state index in [9.17, 15) is 4.79 Å². The third-order valence-electron chi connectivity index (χ3n) is 5.54. The van der Waals surface area contributed by atoms with Crippen LogP contribution in [-0.2, 0) is 12.2 Å². The summed E-state index contributed by atoms with van der Waals surface area (Å²) in [6, 6.07) is 19.4. The first-order valence-electron chi connectivity index (χ1n) is 10.4. The van der Waals surface area contributed by atoms with Gasteiger partial charge in [0.05, 0.1) is 5.56 Å². The molecule has 160 valence electrons. The van der Waals surface area contributed by atoms with Gasteiger partial charge >= 0.3 is 5.97 Å². The molecule has 0 amide bonds. The van der Waals surface area contributed by atoms with Crippen molar-refractivity contribution in [3.63, 3.8) is 0 Å². The van der Waals surface area contributed by atoms with Gasteiger partial charge in [-0.15, -0.1) is 0 Å². The van der Waals surface area contributed by atoms with E-state index in [0.29, 0.717) is 22.0 Å². The lowest BCUT2D eigenvalue weighted by atomic mass is 9.90. The number of carbonyl (C=O) groups is 1. The van der Waals surface area contributed by atoms with E-state index in [0.717, 1.165) is 43.7 Å². The zero-order valence-corrected chi connectivity index (χ0v) is 18.6. The number of nitrogens with zero attached hydrogens (tertiary/aromatic N) is 3. The van der Waals surface area contributed by atoms with Crippen molar-refractivity contribution in [2.24, 2.45) is 5.92 Å². The van der Waals surface area contributed by atoms with Crippen molar-refractivity contribution in [2.75, 3.05) is 18.0 Å². The minimum absolute atomic E-state index is 0.283. The Balaban J connectivity index is 1.35. The topological polar surface area (TPSA) is 66.3 Å². The highest BCUT2D eigenvalue weighted by atomic mass is 35.5. The fourth-order valence-corrected chi connectivity index (χ4v) is 4.85. The van der Waals surface area contributed by atoms with Gasteiger partial charge in [-0.3, -0.25) is 0 Å². The highest BCUT2D eigenvalue weighted by molar-refractivity contribution is 7.98. The second kappa shape index (κ2) is 10.2. The Bertz CT molecular complexity index is 1020. The number of hydrogen-bond donors (Lipinski definition) is 1. The molecule has 1 N–H and O–H groups in total. The number of piperidine rings is 1. The van der Waals surface area contributed by atoms with E-state index in [2.05, 4.69) is 40.2 Å². The van der Waals surface area contributed by atoms with Crippen LogP contribution in [0.25, 0.3) is 0 Å². The molecule has 0 spiro atoms. The molecule has 3 aromatic rings. The van der Waals surface area contributed by atoms with Crippen molar-refractivity contribution in [3.05, 3.63) is 82.5 Å². The third kappa shape index (κ3) is 5.99. The van der Waals surface area contributed by atoms with Crippen molar-refractivity contribution in [1.29, 1.82) is 0 Å². The van der Waals surface area contributed by atoms with E-state index in [1.807, 2.05) is 18.2 Å². The van der Waals surface area contributed by atoms with Crippen LogP contribution in [-0.4, -0.2) is 34.1 Å². The maximum Gasteiger partial charge on any atom is 0.335 e. The number of benzene rings is 2. The average molecular weight is 454 g/mol. The van der Waals surface area contributed by atoms with Gasteiger partial charge in [-0.1, -0.05) is 65.8 Å². The first-order valence-corrected chi connectivity index (χ1v) is 11.7. The highest BCUT2D eigenvalue weighted by Gasteiger charge is 2.21. The molecule has 2 aromatic carbocycles. The van der Waals surface area contributed by atoms with Crippen LogP contribution in [0.3, 0.4) is 0 Å². The molecule has 0 aliphatic carbocycles. The van der Waals surface area contributed by atoms with Crippen LogP contribution < -0.4 is 4.90 Å². The van der Waals surface area contributed by atoms with Crippen LogP contribution in [0.1, 0.15) is 34.3 Å². The van der Waals surface area contributed by atoms with Crippen LogP contribution in [0, 0.1) is 5.92 Å². The van der Waals surface area contributed by atoms with Gasteiger partial charge in [0.15, 0.2) is 5.16 Å². The van der Waals surface area contributed by atoms with Crippen LogP contribution in [0.15, 0.2) is 65.8 Å². The fraction of sp³-hybridized carbons (Fsp3) is 0.292. The summed E-state index contributed by atoms with van der Waals surface area (Å²) in [5.74, 6) is 1.30. The van der Waals surface area contributed by atoms with Gasteiger partial charge < -0.3 is 10.0 Å². The molecular weight excluding hydrogens is 430 g/mol. The maximum absolute atomic E-state index is 11.0. The molecule has 0 radical (unpaired) electrons. The number of thioether (sulfide) groups is 1. The Morgan fingerprint density at radius 3 is 2.42 bits per heavy atom. The monoisotopic (exact) mass is 453 g/mol. The molecule has 1 aliphatic rings. The average Bonchev–Trinajstić information content (AvgIpc) is 2.79. The van der Waals surface area contributed by atoms with E-state index in [-0.39, 0.29) is 5.56 Å². The summed E-state index contributed by atoms with van der Waals surface area (Å²) in [6.45, 7) is 1.93. The predicted molar refractivity (Wildman–Crippen MR) is 125 cm³/mol. The summed E-state index contributed by atoms with van der Waals surface area (Å²) in [5.41, 5.74) is 2.70. The zero-order chi connectivity index (χ0) is 21.6. The van der Waals surface area contributed by atoms with Crippen molar-refractivity contribution >= 4 is 35.1 Å². The molecule has 1 fully saturated rings. The van der Waals surface area contributed by atoms with E-state index < -0.39 is 5.97 Å². The molecule has 0 atom stereocenters. The van der Waals surface area contributed by atoms with Crippen molar-refractivity contribution in [2.45, 2.75) is 30.2 Å². The molecule has 1 aliphatic heterocycles. The van der Waals surface area contributed by atoms with Gasteiger partial charge in [-0.25, -0.2) is 14.8 Å². The number of rotatable bonds is 7. The summed E-state index contributed by atoms with van der Waals surface area (Å²) >= 11 is 7.79. The molecule has 0 saturated carbocycles.